The van der Waals surface area contributed by atoms with Gasteiger partial charge in [0.25, 0.3) is 0 Å². The van der Waals surface area contributed by atoms with E-state index < -0.39 is 0 Å². The zero-order chi connectivity index (χ0) is 18.5. The normalized spacial score (nSPS) is 16.5. The van der Waals surface area contributed by atoms with Gasteiger partial charge in [0.05, 0.1) is 0 Å². The fraction of sp³-hybridized carbons (Fsp3) is 0.571. The molecule has 4 rings (SSSR count). The number of fused-ring (bicyclic) bond motifs is 2. The first kappa shape index (κ1) is 21.1. The van der Waals surface area contributed by atoms with E-state index in [0.717, 1.165) is 49.6 Å². The summed E-state index contributed by atoms with van der Waals surface area (Å²) in [6.45, 7) is 1.76. The molecule has 1 aliphatic carbocycles. The SMILES string of the molecule is I.NC(=NCCCc1nnc2n1CCCCC2)Nc1cccc2c1CCCC2. The van der Waals surface area contributed by atoms with E-state index in [-0.39, 0.29) is 24.0 Å². The van der Waals surface area contributed by atoms with E-state index >= 15 is 0 Å². The molecule has 0 saturated carbocycles. The number of nitrogens with two attached hydrogens (primary N) is 1. The number of guanidine groups is 1. The summed E-state index contributed by atoms with van der Waals surface area (Å²) in [4.78, 5) is 4.52. The summed E-state index contributed by atoms with van der Waals surface area (Å²) in [7, 11) is 0. The minimum atomic E-state index is 0. The monoisotopic (exact) mass is 494 g/mol. The van der Waals surface area contributed by atoms with E-state index in [4.69, 9.17) is 5.73 Å². The summed E-state index contributed by atoms with van der Waals surface area (Å²) in [5.41, 5.74) is 10.1. The van der Waals surface area contributed by atoms with E-state index in [1.165, 1.54) is 49.7 Å². The first-order valence-corrected chi connectivity index (χ1v) is 10.4. The number of hydrogen-bond acceptors (Lipinski definition) is 3. The number of halogens is 1. The van der Waals surface area contributed by atoms with E-state index in [0.29, 0.717) is 12.5 Å². The maximum Gasteiger partial charge on any atom is 0.193 e. The zero-order valence-corrected chi connectivity index (χ0v) is 18.8. The van der Waals surface area contributed by atoms with Crippen LogP contribution in [0.5, 0.6) is 0 Å². The minimum Gasteiger partial charge on any atom is -0.370 e. The molecule has 2 heterocycles. The predicted molar refractivity (Wildman–Crippen MR) is 125 cm³/mol. The van der Waals surface area contributed by atoms with Crippen LogP contribution >= 0.6 is 24.0 Å². The largest absolute Gasteiger partial charge is 0.370 e. The van der Waals surface area contributed by atoms with Gasteiger partial charge in [0, 0.05) is 31.6 Å². The fourth-order valence-electron chi connectivity index (χ4n) is 4.24. The average Bonchev–Trinajstić information content (AvgIpc) is 2.92. The number of nitrogens with one attached hydrogen (secondary N) is 1. The van der Waals surface area contributed by atoms with Crippen LogP contribution in [-0.2, 0) is 32.2 Å². The summed E-state index contributed by atoms with van der Waals surface area (Å²) in [5.74, 6) is 2.76. The lowest BCUT2D eigenvalue weighted by atomic mass is 9.90. The lowest BCUT2D eigenvalue weighted by Crippen LogP contribution is -2.24. The number of benzene rings is 1. The number of hydrogen-bond donors (Lipinski definition) is 2. The molecule has 7 heteroatoms. The van der Waals surface area contributed by atoms with Gasteiger partial charge >= 0.3 is 0 Å². The van der Waals surface area contributed by atoms with Crippen molar-refractivity contribution in [3.05, 3.63) is 41.0 Å². The second-order valence-electron chi connectivity index (χ2n) is 7.64. The highest BCUT2D eigenvalue weighted by Gasteiger charge is 2.15. The average molecular weight is 494 g/mol. The zero-order valence-electron chi connectivity index (χ0n) is 16.5. The van der Waals surface area contributed by atoms with E-state index in [2.05, 4.69) is 43.3 Å². The van der Waals surface area contributed by atoms with Gasteiger partial charge in [-0.25, -0.2) is 0 Å². The van der Waals surface area contributed by atoms with Gasteiger partial charge in [-0.15, -0.1) is 34.2 Å². The third-order valence-electron chi connectivity index (χ3n) is 5.69. The van der Waals surface area contributed by atoms with Gasteiger partial charge in [-0.3, -0.25) is 4.99 Å². The molecule has 0 saturated heterocycles. The number of rotatable bonds is 5. The second-order valence-corrected chi connectivity index (χ2v) is 7.64. The van der Waals surface area contributed by atoms with Gasteiger partial charge < -0.3 is 15.6 Å². The smallest absolute Gasteiger partial charge is 0.193 e. The molecule has 6 nitrogen and oxygen atoms in total. The summed E-state index contributed by atoms with van der Waals surface area (Å²) >= 11 is 0. The van der Waals surface area contributed by atoms with Crippen LogP contribution in [0.2, 0.25) is 0 Å². The maximum absolute atomic E-state index is 6.14. The van der Waals surface area contributed by atoms with Crippen molar-refractivity contribution in [2.24, 2.45) is 10.7 Å². The molecular formula is C21H31IN6. The molecule has 2 aromatic rings. The molecule has 152 valence electrons. The molecule has 0 amide bonds. The van der Waals surface area contributed by atoms with Crippen molar-refractivity contribution in [1.29, 1.82) is 0 Å². The van der Waals surface area contributed by atoms with Gasteiger partial charge in [0.15, 0.2) is 5.96 Å². The number of aryl methyl sites for hydroxylation is 3. The minimum absolute atomic E-state index is 0. The number of aromatic nitrogens is 3. The lowest BCUT2D eigenvalue weighted by molar-refractivity contribution is 0.598. The van der Waals surface area contributed by atoms with Gasteiger partial charge in [0.1, 0.15) is 11.6 Å². The van der Waals surface area contributed by atoms with Gasteiger partial charge in [-0.05, 0) is 62.1 Å². The van der Waals surface area contributed by atoms with Crippen molar-refractivity contribution < 1.29 is 0 Å². The third kappa shape index (κ3) is 5.04. The Morgan fingerprint density at radius 3 is 2.86 bits per heavy atom. The standard InChI is InChI=1S/C21H30N6.HI/c22-21(24-18-11-6-9-16-8-3-4-10-17(16)18)23-14-7-13-20-26-25-19-12-2-1-5-15-27(19)20;/h6,9,11H,1-5,7-8,10,12-15H2,(H3,22,23,24);1H. The quantitative estimate of drug-likeness (QED) is 0.286. The molecule has 1 aromatic carbocycles. The Balaban J connectivity index is 0.00000225. The Morgan fingerprint density at radius 1 is 1.07 bits per heavy atom. The Bertz CT molecular complexity index is 813. The summed E-state index contributed by atoms with van der Waals surface area (Å²) < 4.78 is 2.31. The Labute approximate surface area is 184 Å². The molecule has 0 atom stereocenters. The molecule has 0 bridgehead atoms. The Hall–Kier alpha value is -1.64. The highest BCUT2D eigenvalue weighted by molar-refractivity contribution is 14.0. The molecular weight excluding hydrogens is 463 g/mol. The first-order chi connectivity index (χ1) is 13.3. The molecule has 0 fully saturated rings. The van der Waals surface area contributed by atoms with Crippen molar-refractivity contribution in [1.82, 2.24) is 14.8 Å². The topological polar surface area (TPSA) is 81.1 Å². The summed E-state index contributed by atoms with van der Waals surface area (Å²) in [6, 6.07) is 6.45. The van der Waals surface area contributed by atoms with Gasteiger partial charge in [-0.1, -0.05) is 18.6 Å². The molecule has 0 radical (unpaired) electrons. The highest BCUT2D eigenvalue weighted by atomic mass is 127. The van der Waals surface area contributed by atoms with Gasteiger partial charge in [0.2, 0.25) is 0 Å². The molecule has 1 aliphatic heterocycles. The van der Waals surface area contributed by atoms with Crippen LogP contribution in [0.3, 0.4) is 0 Å². The van der Waals surface area contributed by atoms with Crippen molar-refractivity contribution >= 4 is 35.6 Å². The molecule has 0 spiro atoms. The van der Waals surface area contributed by atoms with E-state index in [1.807, 2.05) is 0 Å². The van der Waals surface area contributed by atoms with Crippen LogP contribution in [0.1, 0.15) is 61.3 Å². The molecule has 2 aliphatic rings. The number of nitrogens with zero attached hydrogens (tertiary/aromatic N) is 4. The highest BCUT2D eigenvalue weighted by Crippen LogP contribution is 2.27. The number of aliphatic imine (C=N–C) groups is 1. The van der Waals surface area contributed by atoms with Crippen molar-refractivity contribution in [2.75, 3.05) is 11.9 Å². The summed E-state index contributed by atoms with van der Waals surface area (Å²) in [6.07, 6.45) is 11.5. The third-order valence-corrected chi connectivity index (χ3v) is 5.69. The van der Waals surface area contributed by atoms with Crippen LogP contribution in [-0.4, -0.2) is 27.3 Å². The molecule has 1 aromatic heterocycles. The number of anilines is 1. The summed E-state index contributed by atoms with van der Waals surface area (Å²) in [5, 5.41) is 12.1. The van der Waals surface area contributed by atoms with Crippen LogP contribution < -0.4 is 11.1 Å². The predicted octanol–water partition coefficient (Wildman–Crippen LogP) is 3.86. The van der Waals surface area contributed by atoms with Crippen molar-refractivity contribution in [3.8, 4) is 0 Å². The molecule has 0 unspecified atom stereocenters. The van der Waals surface area contributed by atoms with Crippen LogP contribution in [0.15, 0.2) is 23.2 Å². The van der Waals surface area contributed by atoms with E-state index in [1.54, 1.807) is 0 Å². The van der Waals surface area contributed by atoms with E-state index in [9.17, 15) is 0 Å². The fourth-order valence-corrected chi connectivity index (χ4v) is 4.24. The lowest BCUT2D eigenvalue weighted by Gasteiger charge is -2.19. The van der Waals surface area contributed by atoms with Crippen molar-refractivity contribution in [2.45, 2.75) is 70.8 Å². The Morgan fingerprint density at radius 2 is 1.93 bits per heavy atom. The maximum atomic E-state index is 6.14. The van der Waals surface area contributed by atoms with Crippen molar-refractivity contribution in [3.63, 3.8) is 0 Å². The second kappa shape index (κ2) is 10.2. The van der Waals surface area contributed by atoms with Crippen LogP contribution in [0.4, 0.5) is 5.69 Å². The van der Waals surface area contributed by atoms with Gasteiger partial charge in [-0.2, -0.15) is 0 Å². The Kier molecular flexibility index (Phi) is 7.70. The first-order valence-electron chi connectivity index (χ1n) is 10.4. The van der Waals surface area contributed by atoms with Crippen LogP contribution in [0.25, 0.3) is 0 Å². The molecule has 3 N–H and O–H groups in total. The van der Waals surface area contributed by atoms with Crippen LogP contribution in [0, 0.1) is 0 Å². The molecule has 28 heavy (non-hydrogen) atoms.